The summed E-state index contributed by atoms with van der Waals surface area (Å²) in [5.74, 6) is 0.332. The van der Waals surface area contributed by atoms with Gasteiger partial charge in [-0.15, -0.1) is 0 Å². The first-order chi connectivity index (χ1) is 14.6. The molecule has 0 spiro atoms. The third-order valence-electron chi connectivity index (χ3n) is 4.13. The number of hydrogen-bond acceptors (Lipinski definition) is 6. The molecule has 0 bridgehead atoms. The van der Waals surface area contributed by atoms with Crippen molar-refractivity contribution < 1.29 is 9.53 Å². The van der Waals surface area contributed by atoms with E-state index in [1.807, 2.05) is 42.5 Å². The molecule has 2 aromatic carbocycles. The van der Waals surface area contributed by atoms with Gasteiger partial charge in [-0.25, -0.2) is 15.3 Å². The van der Waals surface area contributed by atoms with E-state index in [1.165, 1.54) is 11.8 Å². The van der Waals surface area contributed by atoms with Crippen LogP contribution in [0.5, 0.6) is 5.75 Å². The van der Waals surface area contributed by atoms with Crippen molar-refractivity contribution in [3.8, 4) is 5.75 Å². The number of aromatic amines is 2. The fourth-order valence-electron chi connectivity index (χ4n) is 2.62. The lowest BCUT2D eigenvalue weighted by molar-refractivity contribution is -0.121. The number of nitrogens with one attached hydrogen (secondary N) is 3. The Morgan fingerprint density at radius 1 is 1.10 bits per heavy atom. The topological polar surface area (TPSA) is 129 Å². The van der Waals surface area contributed by atoms with E-state index in [0.29, 0.717) is 12.4 Å². The highest BCUT2D eigenvalue weighted by Crippen LogP contribution is 2.12. The van der Waals surface area contributed by atoms with Gasteiger partial charge in [-0.2, -0.15) is 10.2 Å². The van der Waals surface area contributed by atoms with Gasteiger partial charge in [0.2, 0.25) is 5.91 Å². The summed E-state index contributed by atoms with van der Waals surface area (Å²) < 4.78 is 5.77. The van der Waals surface area contributed by atoms with Crippen molar-refractivity contribution >= 4 is 12.1 Å². The Balaban J connectivity index is 1.45. The van der Waals surface area contributed by atoms with E-state index in [-0.39, 0.29) is 24.4 Å². The molecule has 0 atom stereocenters. The first-order valence-corrected chi connectivity index (χ1v) is 9.37. The Bertz CT molecular complexity index is 1120. The molecule has 1 amide bonds. The number of hydrazone groups is 1. The average molecular weight is 407 g/mol. The van der Waals surface area contributed by atoms with E-state index < -0.39 is 11.2 Å². The van der Waals surface area contributed by atoms with Gasteiger partial charge < -0.3 is 4.74 Å². The number of ether oxygens (including phenoxy) is 1. The summed E-state index contributed by atoms with van der Waals surface area (Å²) in [5.41, 5.74) is 3.14. The number of aromatic nitrogens is 3. The van der Waals surface area contributed by atoms with Gasteiger partial charge in [0, 0.05) is 19.3 Å². The number of carbonyl (C=O) groups is 1. The van der Waals surface area contributed by atoms with Crippen LogP contribution in [0.3, 0.4) is 0 Å². The van der Waals surface area contributed by atoms with Gasteiger partial charge in [-0.1, -0.05) is 42.5 Å². The number of nitrogens with zero attached hydrogens (tertiary/aromatic N) is 2. The molecular formula is C21H21N5O4. The van der Waals surface area contributed by atoms with Gasteiger partial charge in [-0.05, 0) is 23.3 Å². The fourth-order valence-corrected chi connectivity index (χ4v) is 2.62. The second-order valence-corrected chi connectivity index (χ2v) is 6.40. The number of amides is 1. The van der Waals surface area contributed by atoms with Gasteiger partial charge in [-0.3, -0.25) is 14.6 Å². The summed E-state index contributed by atoms with van der Waals surface area (Å²) >= 11 is 0. The van der Waals surface area contributed by atoms with Gasteiger partial charge in [0.25, 0.3) is 5.56 Å². The molecule has 1 heterocycles. The quantitative estimate of drug-likeness (QED) is 0.362. The van der Waals surface area contributed by atoms with E-state index in [4.69, 9.17) is 4.74 Å². The van der Waals surface area contributed by atoms with Crippen LogP contribution in [0.15, 0.2) is 69.3 Å². The highest BCUT2D eigenvalue weighted by atomic mass is 16.5. The molecule has 0 aliphatic carbocycles. The Labute approximate surface area is 171 Å². The minimum absolute atomic E-state index is 0.00208. The third kappa shape index (κ3) is 6.55. The van der Waals surface area contributed by atoms with Crippen molar-refractivity contribution in [1.29, 1.82) is 0 Å². The number of carbonyl (C=O) groups excluding carboxylic acids is 1. The third-order valence-corrected chi connectivity index (χ3v) is 4.13. The summed E-state index contributed by atoms with van der Waals surface area (Å²) in [7, 11) is 0. The zero-order valence-corrected chi connectivity index (χ0v) is 16.1. The normalized spacial score (nSPS) is 10.8. The summed E-state index contributed by atoms with van der Waals surface area (Å²) in [6.07, 6.45) is 2.40. The van der Waals surface area contributed by atoms with Crippen LogP contribution in [0.2, 0.25) is 0 Å². The molecule has 9 heteroatoms. The first-order valence-electron chi connectivity index (χ1n) is 9.37. The van der Waals surface area contributed by atoms with Gasteiger partial charge in [0.15, 0.2) is 0 Å². The molecule has 154 valence electrons. The van der Waals surface area contributed by atoms with E-state index in [2.05, 4.69) is 37.8 Å². The predicted molar refractivity (Wildman–Crippen MR) is 112 cm³/mol. The second kappa shape index (κ2) is 10.5. The van der Waals surface area contributed by atoms with Crippen molar-refractivity contribution in [3.05, 3.63) is 92.3 Å². The van der Waals surface area contributed by atoms with Gasteiger partial charge in [0.1, 0.15) is 11.4 Å². The van der Waals surface area contributed by atoms with Crippen LogP contribution in [0.25, 0.3) is 0 Å². The zero-order chi connectivity index (χ0) is 21.2. The highest BCUT2D eigenvalue weighted by Gasteiger charge is 2.06. The van der Waals surface area contributed by atoms with Crippen molar-refractivity contribution in [2.45, 2.75) is 19.3 Å². The molecule has 0 saturated heterocycles. The lowest BCUT2D eigenvalue weighted by Crippen LogP contribution is -2.28. The van der Waals surface area contributed by atoms with Crippen LogP contribution >= 0.6 is 0 Å². The summed E-state index contributed by atoms with van der Waals surface area (Å²) in [4.78, 5) is 36.4. The molecule has 1 aromatic heterocycles. The minimum Gasteiger partial charge on any atom is -0.493 e. The number of hydrogen-bond donors (Lipinski definition) is 3. The van der Waals surface area contributed by atoms with Crippen LogP contribution in [-0.4, -0.2) is 33.9 Å². The lowest BCUT2D eigenvalue weighted by atomic mass is 10.2. The molecule has 0 radical (unpaired) electrons. The molecule has 0 aliphatic heterocycles. The maximum atomic E-state index is 11.9. The predicted octanol–water partition coefficient (Wildman–Crippen LogP) is 1.16. The molecular weight excluding hydrogens is 386 g/mol. The van der Waals surface area contributed by atoms with Crippen LogP contribution in [0, 0.1) is 0 Å². The molecule has 3 rings (SSSR count). The summed E-state index contributed by atoms with van der Waals surface area (Å²) in [5, 5.41) is 9.66. The van der Waals surface area contributed by atoms with Crippen LogP contribution < -0.4 is 21.4 Å². The molecule has 9 nitrogen and oxygen atoms in total. The molecule has 30 heavy (non-hydrogen) atoms. The van der Waals surface area contributed by atoms with Crippen molar-refractivity contribution in [3.63, 3.8) is 0 Å². The minimum atomic E-state index is -0.691. The van der Waals surface area contributed by atoms with Gasteiger partial charge in [0.05, 0.1) is 12.8 Å². The van der Waals surface area contributed by atoms with E-state index in [0.717, 1.165) is 12.0 Å². The average Bonchev–Trinajstić information content (AvgIpc) is 2.74. The fraction of sp³-hybridized carbons (Fsp3) is 0.190. The van der Waals surface area contributed by atoms with E-state index >= 15 is 0 Å². The number of aryl methyl sites for hydroxylation is 1. The molecule has 3 N–H and O–H groups in total. The number of rotatable bonds is 9. The van der Waals surface area contributed by atoms with Crippen molar-refractivity contribution in [2.24, 2.45) is 5.10 Å². The standard InChI is InChI=1S/C21H21N5O4/c27-19(10-9-18-20(28)23-21(29)26-24-18)25-22-14-16-7-4-8-17(13-16)30-12-11-15-5-2-1-3-6-15/h1-8,13-14H,9-12H2,(H,25,27)(H2,23,26,28,29)/b22-14-. The van der Waals surface area contributed by atoms with Crippen LogP contribution in [0.4, 0.5) is 0 Å². The molecule has 0 unspecified atom stereocenters. The van der Waals surface area contributed by atoms with Crippen LogP contribution in [0.1, 0.15) is 23.2 Å². The summed E-state index contributed by atoms with van der Waals surface area (Å²) in [6, 6.07) is 17.4. The highest BCUT2D eigenvalue weighted by molar-refractivity contribution is 5.82. The van der Waals surface area contributed by atoms with Crippen molar-refractivity contribution in [2.75, 3.05) is 6.61 Å². The number of H-pyrrole nitrogens is 2. The second-order valence-electron chi connectivity index (χ2n) is 6.40. The molecule has 3 aromatic rings. The maximum Gasteiger partial charge on any atom is 0.342 e. The maximum absolute atomic E-state index is 11.9. The lowest BCUT2D eigenvalue weighted by Gasteiger charge is -2.07. The number of benzene rings is 2. The first kappa shape index (κ1) is 20.7. The Morgan fingerprint density at radius 2 is 1.93 bits per heavy atom. The molecule has 0 aliphatic rings. The van der Waals surface area contributed by atoms with E-state index in [9.17, 15) is 14.4 Å². The largest absolute Gasteiger partial charge is 0.493 e. The molecule has 0 fully saturated rings. The Hall–Kier alpha value is -4.01. The van der Waals surface area contributed by atoms with Gasteiger partial charge >= 0.3 is 5.69 Å². The molecule has 0 saturated carbocycles. The monoisotopic (exact) mass is 407 g/mol. The SMILES string of the molecule is O=C(CCc1n[nH]c(=O)[nH]c1=O)N/N=C\c1cccc(OCCc2ccccc2)c1. The zero-order valence-electron chi connectivity index (χ0n) is 16.1. The Kier molecular flexibility index (Phi) is 7.26. The van der Waals surface area contributed by atoms with E-state index in [1.54, 1.807) is 0 Å². The smallest absolute Gasteiger partial charge is 0.342 e. The van der Waals surface area contributed by atoms with Crippen molar-refractivity contribution in [1.82, 2.24) is 20.6 Å². The van der Waals surface area contributed by atoms with Crippen LogP contribution in [-0.2, 0) is 17.6 Å². The summed E-state index contributed by atoms with van der Waals surface area (Å²) in [6.45, 7) is 0.555. The Morgan fingerprint density at radius 3 is 2.73 bits per heavy atom.